The Morgan fingerprint density at radius 2 is 1.78 bits per heavy atom. The fraction of sp³-hybridized carbons (Fsp3) is 0.625. The third-order valence-electron chi connectivity index (χ3n) is 3.91. The van der Waals surface area contributed by atoms with Crippen LogP contribution in [-0.4, -0.2) is 19.6 Å². The summed E-state index contributed by atoms with van der Waals surface area (Å²) in [5, 5.41) is 3.51. The molecule has 1 aromatic carbocycles. The van der Waals surface area contributed by atoms with E-state index in [9.17, 15) is 0 Å². The quantitative estimate of drug-likeness (QED) is 0.760. The summed E-state index contributed by atoms with van der Waals surface area (Å²) in [6, 6.07) is 4.52. The van der Waals surface area contributed by atoms with E-state index in [4.69, 9.17) is 5.73 Å². The van der Waals surface area contributed by atoms with Gasteiger partial charge in [-0.05, 0) is 62.5 Å². The van der Waals surface area contributed by atoms with Crippen molar-refractivity contribution in [2.75, 3.05) is 19.6 Å². The SMILES string of the molecule is Cc1ccc(C(C)(C)CNCCCN)c(C)c1C. The van der Waals surface area contributed by atoms with Gasteiger partial charge in [-0.25, -0.2) is 0 Å². The molecule has 0 aliphatic carbocycles. The highest BCUT2D eigenvalue weighted by Crippen LogP contribution is 2.28. The molecule has 2 heteroatoms. The summed E-state index contributed by atoms with van der Waals surface area (Å²) in [4.78, 5) is 0. The molecule has 0 aliphatic rings. The van der Waals surface area contributed by atoms with E-state index in [2.05, 4.69) is 52.1 Å². The molecule has 0 bridgehead atoms. The number of nitrogens with one attached hydrogen (secondary N) is 1. The summed E-state index contributed by atoms with van der Waals surface area (Å²) in [6.45, 7) is 14.0. The van der Waals surface area contributed by atoms with Crippen LogP contribution < -0.4 is 11.1 Å². The van der Waals surface area contributed by atoms with Crippen LogP contribution in [0.1, 0.15) is 42.5 Å². The van der Waals surface area contributed by atoms with E-state index in [1.54, 1.807) is 0 Å². The molecule has 1 rings (SSSR count). The summed E-state index contributed by atoms with van der Waals surface area (Å²) in [5.74, 6) is 0. The van der Waals surface area contributed by atoms with E-state index in [1.165, 1.54) is 22.3 Å². The van der Waals surface area contributed by atoms with Gasteiger partial charge in [0.15, 0.2) is 0 Å². The molecule has 0 fully saturated rings. The van der Waals surface area contributed by atoms with Crippen LogP contribution in [0, 0.1) is 20.8 Å². The molecule has 0 aliphatic heterocycles. The van der Waals surface area contributed by atoms with Gasteiger partial charge in [0, 0.05) is 12.0 Å². The van der Waals surface area contributed by atoms with Gasteiger partial charge < -0.3 is 11.1 Å². The molecule has 102 valence electrons. The molecule has 3 N–H and O–H groups in total. The highest BCUT2D eigenvalue weighted by Gasteiger charge is 2.22. The molecule has 0 radical (unpaired) electrons. The molecule has 2 nitrogen and oxygen atoms in total. The van der Waals surface area contributed by atoms with E-state index < -0.39 is 0 Å². The minimum Gasteiger partial charge on any atom is -0.330 e. The van der Waals surface area contributed by atoms with Gasteiger partial charge >= 0.3 is 0 Å². The second kappa shape index (κ2) is 6.35. The number of hydrogen-bond donors (Lipinski definition) is 2. The molecule has 18 heavy (non-hydrogen) atoms. The highest BCUT2D eigenvalue weighted by atomic mass is 14.9. The molecule has 0 saturated carbocycles. The van der Waals surface area contributed by atoms with Crippen molar-refractivity contribution in [1.29, 1.82) is 0 Å². The second-order valence-electron chi connectivity index (χ2n) is 5.88. The first-order valence-electron chi connectivity index (χ1n) is 6.88. The highest BCUT2D eigenvalue weighted by molar-refractivity contribution is 5.42. The van der Waals surface area contributed by atoms with Gasteiger partial charge in [0.05, 0.1) is 0 Å². The van der Waals surface area contributed by atoms with Crippen molar-refractivity contribution in [1.82, 2.24) is 5.32 Å². The first-order chi connectivity index (χ1) is 8.40. The topological polar surface area (TPSA) is 38.0 Å². The average Bonchev–Trinajstić information content (AvgIpc) is 2.31. The molecule has 0 aromatic heterocycles. The van der Waals surface area contributed by atoms with Gasteiger partial charge in [0.1, 0.15) is 0 Å². The molecular weight excluding hydrogens is 220 g/mol. The Bertz CT molecular complexity index is 394. The van der Waals surface area contributed by atoms with E-state index in [1.807, 2.05) is 0 Å². The van der Waals surface area contributed by atoms with Gasteiger partial charge in [0.25, 0.3) is 0 Å². The van der Waals surface area contributed by atoms with Gasteiger partial charge in [0.2, 0.25) is 0 Å². The normalized spacial score (nSPS) is 11.9. The largest absolute Gasteiger partial charge is 0.330 e. The zero-order valence-corrected chi connectivity index (χ0v) is 12.6. The Balaban J connectivity index is 2.81. The Morgan fingerprint density at radius 3 is 2.39 bits per heavy atom. The molecule has 1 aromatic rings. The van der Waals surface area contributed by atoms with Crippen LogP contribution in [0.15, 0.2) is 12.1 Å². The van der Waals surface area contributed by atoms with Crippen molar-refractivity contribution in [3.05, 3.63) is 34.4 Å². The van der Waals surface area contributed by atoms with Crippen molar-refractivity contribution in [3.8, 4) is 0 Å². The first-order valence-corrected chi connectivity index (χ1v) is 6.88. The van der Waals surface area contributed by atoms with Crippen LogP contribution in [-0.2, 0) is 5.41 Å². The summed E-state index contributed by atoms with van der Waals surface area (Å²) in [5.41, 5.74) is 11.4. The maximum absolute atomic E-state index is 5.51. The smallest absolute Gasteiger partial charge is 0.00432 e. The third kappa shape index (κ3) is 3.56. The Kier molecular flexibility index (Phi) is 5.36. The minimum atomic E-state index is 0.164. The third-order valence-corrected chi connectivity index (χ3v) is 3.91. The molecule has 0 unspecified atom stereocenters. The predicted octanol–water partition coefficient (Wildman–Crippen LogP) is 2.83. The molecular formula is C16H28N2. The standard InChI is InChI=1S/C16H28N2/c1-12-7-8-15(14(3)13(12)2)16(4,5)11-18-10-6-9-17/h7-8,18H,6,9-11,17H2,1-5H3. The van der Waals surface area contributed by atoms with Crippen LogP contribution in [0.4, 0.5) is 0 Å². The van der Waals surface area contributed by atoms with Crippen molar-refractivity contribution in [2.45, 2.75) is 46.5 Å². The van der Waals surface area contributed by atoms with Crippen LogP contribution in [0.5, 0.6) is 0 Å². The van der Waals surface area contributed by atoms with E-state index in [0.29, 0.717) is 0 Å². The first kappa shape index (κ1) is 15.2. The lowest BCUT2D eigenvalue weighted by Gasteiger charge is -2.29. The van der Waals surface area contributed by atoms with Gasteiger partial charge in [-0.2, -0.15) is 0 Å². The summed E-state index contributed by atoms with van der Waals surface area (Å²) >= 11 is 0. The number of rotatable bonds is 6. The summed E-state index contributed by atoms with van der Waals surface area (Å²) in [6.07, 6.45) is 1.04. The van der Waals surface area contributed by atoms with Crippen molar-refractivity contribution in [2.24, 2.45) is 5.73 Å². The lowest BCUT2D eigenvalue weighted by Crippen LogP contribution is -2.34. The zero-order valence-electron chi connectivity index (χ0n) is 12.6. The lowest BCUT2D eigenvalue weighted by molar-refractivity contribution is 0.465. The predicted molar refractivity (Wildman–Crippen MR) is 80.2 cm³/mol. The molecule has 0 amide bonds. The summed E-state index contributed by atoms with van der Waals surface area (Å²) < 4.78 is 0. The van der Waals surface area contributed by atoms with Crippen LogP contribution in [0.25, 0.3) is 0 Å². The maximum Gasteiger partial charge on any atom is 0.00432 e. The monoisotopic (exact) mass is 248 g/mol. The van der Waals surface area contributed by atoms with Crippen LogP contribution in [0.2, 0.25) is 0 Å². The number of benzene rings is 1. The van der Waals surface area contributed by atoms with Gasteiger partial charge in [-0.3, -0.25) is 0 Å². The molecule has 0 atom stereocenters. The fourth-order valence-corrected chi connectivity index (χ4v) is 2.41. The fourth-order valence-electron chi connectivity index (χ4n) is 2.41. The van der Waals surface area contributed by atoms with E-state index in [0.717, 1.165) is 26.1 Å². The lowest BCUT2D eigenvalue weighted by atomic mass is 9.80. The second-order valence-corrected chi connectivity index (χ2v) is 5.88. The van der Waals surface area contributed by atoms with E-state index >= 15 is 0 Å². The molecule has 0 heterocycles. The number of hydrogen-bond acceptors (Lipinski definition) is 2. The molecule has 0 saturated heterocycles. The molecule has 0 spiro atoms. The van der Waals surface area contributed by atoms with E-state index in [-0.39, 0.29) is 5.41 Å². The van der Waals surface area contributed by atoms with Crippen molar-refractivity contribution in [3.63, 3.8) is 0 Å². The summed E-state index contributed by atoms with van der Waals surface area (Å²) in [7, 11) is 0. The Labute approximate surface area is 112 Å². The van der Waals surface area contributed by atoms with Gasteiger partial charge in [-0.15, -0.1) is 0 Å². The van der Waals surface area contributed by atoms with Crippen LogP contribution >= 0.6 is 0 Å². The van der Waals surface area contributed by atoms with Gasteiger partial charge in [-0.1, -0.05) is 26.0 Å². The average molecular weight is 248 g/mol. The minimum absolute atomic E-state index is 0.164. The maximum atomic E-state index is 5.51. The Hall–Kier alpha value is -0.860. The van der Waals surface area contributed by atoms with Crippen molar-refractivity contribution < 1.29 is 0 Å². The van der Waals surface area contributed by atoms with Crippen LogP contribution in [0.3, 0.4) is 0 Å². The number of nitrogens with two attached hydrogens (primary N) is 1. The number of aryl methyl sites for hydroxylation is 1. The Morgan fingerprint density at radius 1 is 1.11 bits per heavy atom. The van der Waals surface area contributed by atoms with Crippen molar-refractivity contribution >= 4 is 0 Å². The zero-order chi connectivity index (χ0) is 13.8.